The first kappa shape index (κ1) is 18.1. The molecule has 0 spiro atoms. The molecule has 2 aromatic heterocycles. The van der Waals surface area contributed by atoms with Crippen molar-refractivity contribution in [2.75, 3.05) is 5.32 Å². The Hall–Kier alpha value is -2.94. The maximum atomic E-state index is 13.2. The minimum atomic E-state index is -0.535. The number of piperidine rings is 1. The van der Waals surface area contributed by atoms with Crippen LogP contribution in [0, 0.1) is 12.8 Å². The van der Waals surface area contributed by atoms with Crippen molar-refractivity contribution in [3.63, 3.8) is 0 Å². The predicted molar refractivity (Wildman–Crippen MR) is 105 cm³/mol. The van der Waals surface area contributed by atoms with Gasteiger partial charge in [-0.25, -0.2) is 4.79 Å². The highest BCUT2D eigenvalue weighted by molar-refractivity contribution is 6.32. The molecule has 1 aliphatic heterocycles. The number of hydrogen-bond donors (Lipinski definition) is 1. The van der Waals surface area contributed by atoms with Crippen molar-refractivity contribution in [2.45, 2.75) is 44.7 Å². The molecular formula is C19H20ClN7O2. The van der Waals surface area contributed by atoms with Gasteiger partial charge in [-0.15, -0.1) is 10.2 Å². The molecule has 29 heavy (non-hydrogen) atoms. The lowest BCUT2D eigenvalue weighted by Gasteiger charge is -2.61. The fourth-order valence-corrected chi connectivity index (χ4v) is 4.89. The van der Waals surface area contributed by atoms with Crippen LogP contribution in [0.4, 0.5) is 10.5 Å². The Morgan fingerprint density at radius 3 is 2.79 bits per heavy atom. The molecule has 3 heterocycles. The van der Waals surface area contributed by atoms with Gasteiger partial charge < -0.3 is 14.6 Å². The highest BCUT2D eigenvalue weighted by Crippen LogP contribution is 2.55. The van der Waals surface area contributed by atoms with Crippen molar-refractivity contribution in [1.82, 2.24) is 30.1 Å². The van der Waals surface area contributed by atoms with Crippen molar-refractivity contribution >= 4 is 23.3 Å². The first-order valence-corrected chi connectivity index (χ1v) is 9.91. The van der Waals surface area contributed by atoms with Gasteiger partial charge in [-0.1, -0.05) is 18.5 Å². The molecule has 1 N–H and O–H groups in total. The molecule has 0 radical (unpaired) electrons. The van der Waals surface area contributed by atoms with Gasteiger partial charge in [0.05, 0.1) is 17.4 Å². The molecule has 1 saturated heterocycles. The van der Waals surface area contributed by atoms with Gasteiger partial charge in [0.1, 0.15) is 11.2 Å². The van der Waals surface area contributed by atoms with Crippen molar-refractivity contribution in [3.8, 4) is 5.69 Å². The van der Waals surface area contributed by atoms with Crippen molar-refractivity contribution in [3.05, 3.63) is 47.4 Å². The summed E-state index contributed by atoms with van der Waals surface area (Å²) in [7, 11) is 0. The molecule has 3 atom stereocenters. The average Bonchev–Trinajstić information content (AvgIpc) is 3.34. The number of nitrogens with one attached hydrogen (secondary N) is 1. The normalized spacial score (nSPS) is 25.6. The number of rotatable bonds is 3. The van der Waals surface area contributed by atoms with E-state index in [1.54, 1.807) is 37.5 Å². The summed E-state index contributed by atoms with van der Waals surface area (Å²) in [5.41, 5.74) is 0.669. The molecule has 0 unspecified atom stereocenters. The van der Waals surface area contributed by atoms with Crippen LogP contribution < -0.4 is 5.32 Å². The summed E-state index contributed by atoms with van der Waals surface area (Å²) in [6.07, 6.45) is 5.75. The molecule has 1 aromatic carbocycles. The van der Waals surface area contributed by atoms with E-state index in [2.05, 4.69) is 32.6 Å². The quantitative estimate of drug-likeness (QED) is 0.704. The zero-order chi connectivity index (χ0) is 20.2. The van der Waals surface area contributed by atoms with Gasteiger partial charge >= 0.3 is 6.03 Å². The van der Waals surface area contributed by atoms with E-state index in [-0.39, 0.29) is 12.1 Å². The number of halogens is 1. The maximum Gasteiger partial charge on any atom is 0.323 e. The Morgan fingerprint density at radius 1 is 1.28 bits per heavy atom. The molecule has 2 fully saturated rings. The summed E-state index contributed by atoms with van der Waals surface area (Å²) < 4.78 is 5.75. The van der Waals surface area contributed by atoms with Crippen LogP contribution in [0.15, 0.2) is 35.0 Å². The summed E-state index contributed by atoms with van der Waals surface area (Å²) >= 11 is 6.27. The number of carbonyl (C=O) groups is 1. The van der Waals surface area contributed by atoms with Crippen LogP contribution in [-0.2, 0) is 5.54 Å². The number of benzene rings is 1. The largest absolute Gasteiger partial charge is 0.423 e. The van der Waals surface area contributed by atoms with Gasteiger partial charge in [-0.05, 0) is 37.0 Å². The molecular weight excluding hydrogens is 394 g/mol. The number of aryl methyl sites for hydroxylation is 1. The van der Waals surface area contributed by atoms with Crippen LogP contribution in [0.2, 0.25) is 5.02 Å². The molecule has 9 nitrogen and oxygen atoms in total. The maximum absolute atomic E-state index is 13.2. The molecule has 2 bridgehead atoms. The topological polar surface area (TPSA) is 102 Å². The van der Waals surface area contributed by atoms with E-state index >= 15 is 0 Å². The fraction of sp³-hybridized carbons (Fsp3) is 0.421. The van der Waals surface area contributed by atoms with E-state index in [4.69, 9.17) is 16.0 Å². The minimum Gasteiger partial charge on any atom is -0.423 e. The molecule has 1 aliphatic carbocycles. The highest BCUT2D eigenvalue weighted by Gasteiger charge is 2.62. The van der Waals surface area contributed by atoms with Crippen molar-refractivity contribution < 1.29 is 9.21 Å². The Bertz CT molecular complexity index is 1070. The summed E-state index contributed by atoms with van der Waals surface area (Å²) in [4.78, 5) is 16.5. The first-order chi connectivity index (χ1) is 14.0. The summed E-state index contributed by atoms with van der Waals surface area (Å²) in [6, 6.07) is 5.19. The van der Waals surface area contributed by atoms with Crippen LogP contribution in [0.25, 0.3) is 5.69 Å². The number of amides is 2. The van der Waals surface area contributed by atoms with E-state index in [9.17, 15) is 4.79 Å². The van der Waals surface area contributed by atoms with Gasteiger partial charge in [0.15, 0.2) is 0 Å². The predicted octanol–water partition coefficient (Wildman–Crippen LogP) is 3.54. The molecule has 10 heteroatoms. The van der Waals surface area contributed by atoms with Gasteiger partial charge in [0.25, 0.3) is 0 Å². The van der Waals surface area contributed by atoms with Crippen LogP contribution in [0.3, 0.4) is 0 Å². The Morgan fingerprint density at radius 2 is 2.07 bits per heavy atom. The lowest BCUT2D eigenvalue weighted by Crippen LogP contribution is -2.70. The number of likely N-dealkylation sites (tertiary alicyclic amines) is 1. The van der Waals surface area contributed by atoms with Crippen LogP contribution in [-0.4, -0.2) is 42.2 Å². The number of urea groups is 1. The van der Waals surface area contributed by atoms with E-state index in [1.165, 1.54) is 4.80 Å². The SMILES string of the molecule is Cc1nnc([C@@]23C[C@@H](C)C[C@@H](C2)N3C(=O)Nc2ccc(Cl)c(-n3nccn3)c2)o1. The second kappa shape index (κ2) is 6.55. The van der Waals surface area contributed by atoms with E-state index < -0.39 is 5.54 Å². The third-order valence-electron chi connectivity index (χ3n) is 5.73. The Labute approximate surface area is 172 Å². The average molecular weight is 414 g/mol. The van der Waals surface area contributed by atoms with E-state index in [0.29, 0.717) is 34.1 Å². The third kappa shape index (κ3) is 2.88. The summed E-state index contributed by atoms with van der Waals surface area (Å²) in [5.74, 6) is 1.51. The number of nitrogens with zero attached hydrogens (tertiary/aromatic N) is 6. The van der Waals surface area contributed by atoms with E-state index in [1.807, 2.05) is 4.90 Å². The van der Waals surface area contributed by atoms with Crippen molar-refractivity contribution in [2.24, 2.45) is 5.92 Å². The minimum absolute atomic E-state index is 0.158. The fourth-order valence-electron chi connectivity index (χ4n) is 4.70. The molecule has 3 aromatic rings. The lowest BCUT2D eigenvalue weighted by molar-refractivity contribution is -0.110. The highest BCUT2D eigenvalue weighted by atomic mass is 35.5. The third-order valence-corrected chi connectivity index (χ3v) is 6.05. The Kier molecular flexibility index (Phi) is 4.09. The molecule has 2 aliphatic rings. The second-order valence-corrected chi connectivity index (χ2v) is 8.25. The zero-order valence-corrected chi connectivity index (χ0v) is 16.8. The molecule has 5 rings (SSSR count). The summed E-state index contributed by atoms with van der Waals surface area (Å²) in [6.45, 7) is 3.96. The van der Waals surface area contributed by atoms with Crippen LogP contribution in [0.1, 0.15) is 38.0 Å². The number of aromatic nitrogens is 5. The molecule has 150 valence electrons. The van der Waals surface area contributed by atoms with E-state index in [0.717, 1.165) is 19.3 Å². The standard InChI is InChI=1S/C19H20ClN7O2/c1-11-7-14-10-19(9-11,17-25-24-12(2)29-17)26(14)18(28)23-13-3-4-15(20)16(8-13)27-21-5-6-22-27/h3-6,8,11,14H,7,9-10H2,1-2H3,(H,23,28)/t11-,14-,19+/m0/s1. The van der Waals surface area contributed by atoms with Crippen LogP contribution in [0.5, 0.6) is 0 Å². The smallest absolute Gasteiger partial charge is 0.323 e. The molecule has 1 saturated carbocycles. The monoisotopic (exact) mass is 413 g/mol. The number of fused-ring (bicyclic) bond motifs is 2. The van der Waals surface area contributed by atoms with Gasteiger partial charge in [-0.3, -0.25) is 0 Å². The number of anilines is 1. The number of carbonyl (C=O) groups excluding carboxylic acids is 1. The number of hydrogen-bond acceptors (Lipinski definition) is 6. The van der Waals surface area contributed by atoms with Gasteiger partial charge in [0, 0.05) is 25.1 Å². The summed E-state index contributed by atoms with van der Waals surface area (Å²) in [5, 5.41) is 19.9. The first-order valence-electron chi connectivity index (χ1n) is 9.53. The Balaban J connectivity index is 1.43. The van der Waals surface area contributed by atoms with Gasteiger partial charge in [-0.2, -0.15) is 15.0 Å². The van der Waals surface area contributed by atoms with Gasteiger partial charge in [0.2, 0.25) is 11.8 Å². The van der Waals surface area contributed by atoms with Crippen LogP contribution >= 0.6 is 11.6 Å². The second-order valence-electron chi connectivity index (χ2n) is 7.85. The lowest BCUT2D eigenvalue weighted by atomic mass is 9.64. The molecule has 2 amide bonds. The zero-order valence-electron chi connectivity index (χ0n) is 16.0. The van der Waals surface area contributed by atoms with Crippen molar-refractivity contribution in [1.29, 1.82) is 0 Å².